The van der Waals surface area contributed by atoms with Crippen LogP contribution in [0.15, 0.2) is 58.3 Å². The number of likely N-dealkylation sites (tertiary alicyclic amines) is 1. The summed E-state index contributed by atoms with van der Waals surface area (Å²) in [4.78, 5) is 28.2. The largest absolute Gasteiger partial charge is 0.493 e. The van der Waals surface area contributed by atoms with Gasteiger partial charge < -0.3 is 14.4 Å². The molecule has 0 N–H and O–H groups in total. The SMILES string of the molecule is CCOC(=O)C1CCCN(C(=O)C=Cc2ccc(Sc3ccccc3OCC)c(Cl)c2)C1. The standard InChI is InChI=1S/C25H28ClNO4S/c1-3-30-21-9-5-6-10-23(21)32-22-13-11-18(16-20(22)26)12-14-24(28)27-15-7-8-19(17-27)25(29)31-4-2/h5-6,9-14,16,19H,3-4,7-8,15,17H2,1-2H3. The Morgan fingerprint density at radius 2 is 1.97 bits per heavy atom. The zero-order chi connectivity index (χ0) is 22.9. The average Bonchev–Trinajstić information content (AvgIpc) is 2.80. The van der Waals surface area contributed by atoms with Crippen molar-refractivity contribution in [1.29, 1.82) is 0 Å². The summed E-state index contributed by atoms with van der Waals surface area (Å²) in [5, 5.41) is 0.608. The fraction of sp³-hybridized carbons (Fsp3) is 0.360. The van der Waals surface area contributed by atoms with E-state index < -0.39 is 0 Å². The number of esters is 1. The molecule has 0 spiro atoms. The summed E-state index contributed by atoms with van der Waals surface area (Å²) in [7, 11) is 0. The number of rotatable bonds is 8. The average molecular weight is 474 g/mol. The summed E-state index contributed by atoms with van der Waals surface area (Å²) in [6, 6.07) is 13.6. The first-order valence-electron chi connectivity index (χ1n) is 10.8. The molecule has 1 aliphatic heterocycles. The first kappa shape index (κ1) is 24.2. The van der Waals surface area contributed by atoms with Crippen LogP contribution in [0.2, 0.25) is 5.02 Å². The molecule has 170 valence electrons. The number of ether oxygens (including phenoxy) is 2. The molecule has 3 rings (SSSR count). The quantitative estimate of drug-likeness (QED) is 0.363. The van der Waals surface area contributed by atoms with E-state index in [4.69, 9.17) is 21.1 Å². The fourth-order valence-electron chi connectivity index (χ4n) is 3.53. The van der Waals surface area contributed by atoms with E-state index in [1.807, 2.05) is 49.4 Å². The Morgan fingerprint density at radius 3 is 2.72 bits per heavy atom. The first-order valence-corrected chi connectivity index (χ1v) is 12.0. The van der Waals surface area contributed by atoms with Crippen molar-refractivity contribution in [3.8, 4) is 5.75 Å². The molecule has 1 unspecified atom stereocenters. The Bertz CT molecular complexity index is 978. The summed E-state index contributed by atoms with van der Waals surface area (Å²) in [6.07, 6.45) is 4.85. The summed E-state index contributed by atoms with van der Waals surface area (Å²) in [5.74, 6) is 0.249. The van der Waals surface area contributed by atoms with Gasteiger partial charge in [0, 0.05) is 24.1 Å². The van der Waals surface area contributed by atoms with Crippen LogP contribution in [0.1, 0.15) is 32.3 Å². The maximum atomic E-state index is 12.6. The van der Waals surface area contributed by atoms with Gasteiger partial charge in [-0.1, -0.05) is 41.6 Å². The Balaban J connectivity index is 1.64. The second-order valence-corrected chi connectivity index (χ2v) is 8.87. The lowest BCUT2D eigenvalue weighted by Gasteiger charge is -2.30. The van der Waals surface area contributed by atoms with Crippen LogP contribution in [0.3, 0.4) is 0 Å². The number of carbonyl (C=O) groups excluding carboxylic acids is 2. The van der Waals surface area contributed by atoms with Crippen molar-refractivity contribution in [2.45, 2.75) is 36.5 Å². The van der Waals surface area contributed by atoms with Gasteiger partial charge in [-0.15, -0.1) is 0 Å². The summed E-state index contributed by atoms with van der Waals surface area (Å²) < 4.78 is 10.8. The molecule has 0 aromatic heterocycles. The van der Waals surface area contributed by atoms with Crippen LogP contribution in [-0.2, 0) is 14.3 Å². The molecule has 1 heterocycles. The maximum Gasteiger partial charge on any atom is 0.310 e. The van der Waals surface area contributed by atoms with Crippen LogP contribution in [0.5, 0.6) is 5.75 Å². The van der Waals surface area contributed by atoms with Crippen LogP contribution in [0, 0.1) is 5.92 Å². The number of halogens is 1. The third kappa shape index (κ3) is 6.53. The second-order valence-electron chi connectivity index (χ2n) is 7.38. The van der Waals surface area contributed by atoms with E-state index in [0.29, 0.717) is 31.3 Å². The van der Waals surface area contributed by atoms with Crippen LogP contribution in [-0.4, -0.2) is 43.1 Å². The maximum absolute atomic E-state index is 12.6. The molecule has 1 aliphatic rings. The van der Waals surface area contributed by atoms with Crippen molar-refractivity contribution in [2.24, 2.45) is 5.92 Å². The Labute approximate surface area is 198 Å². The van der Waals surface area contributed by atoms with E-state index in [-0.39, 0.29) is 17.8 Å². The molecule has 5 nitrogen and oxygen atoms in total. The van der Waals surface area contributed by atoms with Gasteiger partial charge in [-0.25, -0.2) is 0 Å². The summed E-state index contributed by atoms with van der Waals surface area (Å²) >= 11 is 8.06. The van der Waals surface area contributed by atoms with Gasteiger partial charge in [0.15, 0.2) is 0 Å². The molecule has 0 radical (unpaired) electrons. The molecule has 32 heavy (non-hydrogen) atoms. The number of piperidine rings is 1. The topological polar surface area (TPSA) is 55.8 Å². The number of hydrogen-bond donors (Lipinski definition) is 0. The van der Waals surface area contributed by atoms with Gasteiger partial charge in [0.05, 0.1) is 29.0 Å². The molecule has 7 heteroatoms. The highest BCUT2D eigenvalue weighted by molar-refractivity contribution is 7.99. The molecule has 1 fully saturated rings. The lowest BCUT2D eigenvalue weighted by atomic mass is 9.98. The Kier molecular flexibility index (Phi) is 9.06. The molecule has 1 saturated heterocycles. The van der Waals surface area contributed by atoms with Crippen LogP contribution < -0.4 is 4.74 Å². The minimum atomic E-state index is -0.244. The number of benzene rings is 2. The van der Waals surface area contributed by atoms with Gasteiger partial charge in [0.1, 0.15) is 5.75 Å². The smallest absolute Gasteiger partial charge is 0.310 e. The first-order chi connectivity index (χ1) is 15.5. The van der Waals surface area contributed by atoms with Gasteiger partial charge in [-0.2, -0.15) is 0 Å². The lowest BCUT2D eigenvalue weighted by molar-refractivity contribution is -0.150. The molecule has 2 aromatic carbocycles. The highest BCUT2D eigenvalue weighted by atomic mass is 35.5. The molecule has 1 amide bonds. The van der Waals surface area contributed by atoms with Crippen LogP contribution >= 0.6 is 23.4 Å². The van der Waals surface area contributed by atoms with Crippen molar-refractivity contribution in [3.05, 3.63) is 59.1 Å². The van der Waals surface area contributed by atoms with Gasteiger partial charge in [-0.3, -0.25) is 9.59 Å². The predicted octanol–water partition coefficient (Wildman–Crippen LogP) is 5.70. The third-order valence-corrected chi connectivity index (χ3v) is 6.65. The second kappa shape index (κ2) is 12.0. The number of amides is 1. The predicted molar refractivity (Wildman–Crippen MR) is 128 cm³/mol. The minimum absolute atomic E-state index is 0.112. The number of hydrogen-bond acceptors (Lipinski definition) is 5. The molecule has 0 aliphatic carbocycles. The number of carbonyl (C=O) groups is 2. The summed E-state index contributed by atoms with van der Waals surface area (Å²) in [5.41, 5.74) is 0.838. The van der Waals surface area contributed by atoms with Crippen molar-refractivity contribution >= 4 is 41.3 Å². The molecular weight excluding hydrogens is 446 g/mol. The Morgan fingerprint density at radius 1 is 1.16 bits per heavy atom. The van der Waals surface area contributed by atoms with E-state index in [2.05, 4.69) is 0 Å². The molecule has 2 aromatic rings. The van der Waals surface area contributed by atoms with Crippen molar-refractivity contribution in [2.75, 3.05) is 26.3 Å². The van der Waals surface area contributed by atoms with E-state index >= 15 is 0 Å². The normalized spacial score (nSPS) is 16.2. The van der Waals surface area contributed by atoms with Gasteiger partial charge in [-0.05, 0) is 62.6 Å². The monoisotopic (exact) mass is 473 g/mol. The van der Waals surface area contributed by atoms with Crippen molar-refractivity contribution in [1.82, 2.24) is 4.90 Å². The molecule has 0 saturated carbocycles. The Hall–Kier alpha value is -2.44. The van der Waals surface area contributed by atoms with E-state index in [1.165, 1.54) is 6.08 Å². The van der Waals surface area contributed by atoms with E-state index in [9.17, 15) is 9.59 Å². The zero-order valence-electron chi connectivity index (χ0n) is 18.4. The number of para-hydroxylation sites is 1. The van der Waals surface area contributed by atoms with Gasteiger partial charge in [0.25, 0.3) is 0 Å². The molecule has 0 bridgehead atoms. The number of nitrogens with zero attached hydrogens (tertiary/aromatic N) is 1. The van der Waals surface area contributed by atoms with Crippen LogP contribution in [0.4, 0.5) is 0 Å². The lowest BCUT2D eigenvalue weighted by Crippen LogP contribution is -2.42. The molecule has 1 atom stereocenters. The fourth-order valence-corrected chi connectivity index (χ4v) is 4.74. The van der Waals surface area contributed by atoms with E-state index in [1.54, 1.807) is 29.7 Å². The highest BCUT2D eigenvalue weighted by Gasteiger charge is 2.28. The van der Waals surface area contributed by atoms with Crippen molar-refractivity contribution < 1.29 is 19.1 Å². The van der Waals surface area contributed by atoms with Gasteiger partial charge in [0.2, 0.25) is 5.91 Å². The van der Waals surface area contributed by atoms with Gasteiger partial charge >= 0.3 is 5.97 Å². The highest BCUT2D eigenvalue weighted by Crippen LogP contribution is 2.38. The summed E-state index contributed by atoms with van der Waals surface area (Å²) in [6.45, 7) is 5.75. The molecular formula is C25H28ClNO4S. The minimum Gasteiger partial charge on any atom is -0.493 e. The third-order valence-electron chi connectivity index (χ3n) is 5.10. The zero-order valence-corrected chi connectivity index (χ0v) is 20.0. The van der Waals surface area contributed by atoms with Crippen LogP contribution in [0.25, 0.3) is 6.08 Å². The van der Waals surface area contributed by atoms with Crippen molar-refractivity contribution in [3.63, 3.8) is 0 Å². The van der Waals surface area contributed by atoms with E-state index in [0.717, 1.165) is 33.9 Å².